The molecule has 8 heteroatoms. The van der Waals surface area contributed by atoms with Crippen LogP contribution >= 0.6 is 0 Å². The summed E-state index contributed by atoms with van der Waals surface area (Å²) in [5.74, 6) is -0.538. The van der Waals surface area contributed by atoms with E-state index in [1.807, 2.05) is 0 Å². The van der Waals surface area contributed by atoms with E-state index in [9.17, 15) is 18.0 Å². The molecule has 2 heterocycles. The number of likely N-dealkylation sites (N-methyl/N-ethyl adjacent to an activating group) is 1. The van der Waals surface area contributed by atoms with E-state index >= 15 is 0 Å². The summed E-state index contributed by atoms with van der Waals surface area (Å²) in [4.78, 5) is 17.4. The summed E-state index contributed by atoms with van der Waals surface area (Å²) in [5.41, 5.74) is 0.229. The Morgan fingerprint density at radius 3 is 2.95 bits per heavy atom. The van der Waals surface area contributed by atoms with Crippen LogP contribution in [0.2, 0.25) is 0 Å². The van der Waals surface area contributed by atoms with E-state index < -0.39 is 12.8 Å². The first-order valence-electron chi connectivity index (χ1n) is 6.88. The zero-order valence-electron chi connectivity index (χ0n) is 12.1. The Morgan fingerprint density at radius 1 is 1.55 bits per heavy atom. The number of halogens is 3. The van der Waals surface area contributed by atoms with E-state index in [4.69, 9.17) is 4.74 Å². The van der Waals surface area contributed by atoms with Gasteiger partial charge in [0.1, 0.15) is 0 Å². The minimum Gasteiger partial charge on any atom is -0.468 e. The molecule has 1 saturated heterocycles. The van der Waals surface area contributed by atoms with Gasteiger partial charge in [0.25, 0.3) is 5.91 Å². The van der Waals surface area contributed by atoms with Crippen molar-refractivity contribution in [1.82, 2.24) is 9.88 Å². The Balaban J connectivity index is 1.96. The largest absolute Gasteiger partial charge is 0.468 e. The molecule has 0 aromatic carbocycles. The zero-order chi connectivity index (χ0) is 16.2. The quantitative estimate of drug-likeness (QED) is 0.836. The van der Waals surface area contributed by atoms with Crippen LogP contribution in [0.25, 0.3) is 0 Å². The lowest BCUT2D eigenvalue weighted by molar-refractivity contribution is -0.154. The van der Waals surface area contributed by atoms with Crippen molar-refractivity contribution < 1.29 is 27.4 Å². The van der Waals surface area contributed by atoms with Gasteiger partial charge in [0.2, 0.25) is 5.88 Å². The molecule has 1 fully saturated rings. The summed E-state index contributed by atoms with van der Waals surface area (Å²) in [6.07, 6.45) is -1.32. The van der Waals surface area contributed by atoms with Crippen molar-refractivity contribution in [2.24, 2.45) is 0 Å². The highest BCUT2D eigenvalue weighted by molar-refractivity contribution is 5.94. The van der Waals surface area contributed by atoms with Crippen LogP contribution in [0.4, 0.5) is 13.2 Å². The number of hydrogen-bond acceptors (Lipinski definition) is 4. The molecule has 0 spiro atoms. The molecule has 0 aliphatic carbocycles. The second-order valence-corrected chi connectivity index (χ2v) is 5.11. The Morgan fingerprint density at radius 2 is 2.32 bits per heavy atom. The molecule has 0 bridgehead atoms. The van der Waals surface area contributed by atoms with Gasteiger partial charge >= 0.3 is 6.18 Å². The molecule has 1 aliphatic rings. The SMILES string of the molecule is CN(CC1CCCO1)C(=O)c1ccnc(OCC(F)(F)F)c1. The van der Waals surface area contributed by atoms with E-state index in [1.165, 1.54) is 23.2 Å². The van der Waals surface area contributed by atoms with Crippen LogP contribution in [0, 0.1) is 0 Å². The molecule has 0 radical (unpaired) electrons. The maximum absolute atomic E-state index is 12.3. The summed E-state index contributed by atoms with van der Waals surface area (Å²) in [6.45, 7) is -0.305. The molecular weight excluding hydrogens is 301 g/mol. The molecule has 0 saturated carbocycles. The first-order chi connectivity index (χ1) is 10.3. The summed E-state index contributed by atoms with van der Waals surface area (Å²) >= 11 is 0. The fourth-order valence-electron chi connectivity index (χ4n) is 2.17. The minimum absolute atomic E-state index is 0.0109. The average molecular weight is 318 g/mol. The van der Waals surface area contributed by atoms with E-state index in [-0.39, 0.29) is 23.5 Å². The third kappa shape index (κ3) is 4.87. The molecule has 22 heavy (non-hydrogen) atoms. The molecule has 1 aromatic rings. The monoisotopic (exact) mass is 318 g/mol. The number of rotatable bonds is 5. The van der Waals surface area contributed by atoms with Crippen molar-refractivity contribution in [3.05, 3.63) is 23.9 Å². The van der Waals surface area contributed by atoms with Crippen molar-refractivity contribution in [3.63, 3.8) is 0 Å². The van der Waals surface area contributed by atoms with Crippen molar-refractivity contribution in [3.8, 4) is 5.88 Å². The Kier molecular flexibility index (Phi) is 5.23. The topological polar surface area (TPSA) is 51.7 Å². The number of carbonyl (C=O) groups excluding carboxylic acids is 1. The molecule has 122 valence electrons. The van der Waals surface area contributed by atoms with Crippen molar-refractivity contribution in [1.29, 1.82) is 0 Å². The molecule has 2 rings (SSSR count). The summed E-state index contributed by atoms with van der Waals surface area (Å²) < 4.78 is 46.3. The summed E-state index contributed by atoms with van der Waals surface area (Å²) in [6, 6.07) is 2.65. The molecule has 1 aromatic heterocycles. The van der Waals surface area contributed by atoms with E-state index in [0.29, 0.717) is 13.2 Å². The fraction of sp³-hybridized carbons (Fsp3) is 0.571. The molecule has 0 N–H and O–H groups in total. The van der Waals surface area contributed by atoms with Gasteiger partial charge in [-0.3, -0.25) is 4.79 Å². The van der Waals surface area contributed by atoms with Crippen molar-refractivity contribution >= 4 is 5.91 Å². The lowest BCUT2D eigenvalue weighted by Crippen LogP contribution is -2.34. The third-order valence-corrected chi connectivity index (χ3v) is 3.21. The summed E-state index contributed by atoms with van der Waals surface area (Å²) in [5, 5.41) is 0. The van der Waals surface area contributed by atoms with Gasteiger partial charge in [0.15, 0.2) is 6.61 Å². The highest BCUT2D eigenvalue weighted by Crippen LogP contribution is 2.19. The number of carbonyl (C=O) groups is 1. The van der Waals surface area contributed by atoms with Crippen LogP contribution in [-0.4, -0.2) is 54.9 Å². The van der Waals surface area contributed by atoms with Crippen LogP contribution in [0.3, 0.4) is 0 Å². The second kappa shape index (κ2) is 6.95. The Hall–Kier alpha value is -1.83. The number of ether oxygens (including phenoxy) is 2. The predicted octanol–water partition coefficient (Wildman–Crippen LogP) is 2.27. The van der Waals surface area contributed by atoms with Crippen LogP contribution < -0.4 is 4.74 Å². The first kappa shape index (κ1) is 16.5. The van der Waals surface area contributed by atoms with Crippen LogP contribution in [0.5, 0.6) is 5.88 Å². The van der Waals surface area contributed by atoms with Crippen molar-refractivity contribution in [2.45, 2.75) is 25.1 Å². The van der Waals surface area contributed by atoms with Gasteiger partial charge in [0, 0.05) is 38.0 Å². The first-order valence-corrected chi connectivity index (χ1v) is 6.88. The number of nitrogens with zero attached hydrogens (tertiary/aromatic N) is 2. The fourth-order valence-corrected chi connectivity index (χ4v) is 2.17. The van der Waals surface area contributed by atoms with Gasteiger partial charge in [-0.15, -0.1) is 0 Å². The zero-order valence-corrected chi connectivity index (χ0v) is 12.1. The number of alkyl halides is 3. The standard InChI is InChI=1S/C14H17F3N2O3/c1-19(8-11-3-2-6-21-11)13(20)10-4-5-18-12(7-10)22-9-14(15,16)17/h4-5,7,11H,2-3,6,8-9H2,1H3. The highest BCUT2D eigenvalue weighted by atomic mass is 19.4. The molecule has 5 nitrogen and oxygen atoms in total. The Bertz CT molecular complexity index is 516. The number of amides is 1. The van der Waals surface area contributed by atoms with E-state index in [0.717, 1.165) is 12.8 Å². The van der Waals surface area contributed by atoms with Gasteiger partial charge in [-0.25, -0.2) is 4.98 Å². The third-order valence-electron chi connectivity index (χ3n) is 3.21. The van der Waals surface area contributed by atoms with Gasteiger partial charge < -0.3 is 14.4 Å². The van der Waals surface area contributed by atoms with Crippen LogP contribution in [0.1, 0.15) is 23.2 Å². The molecule has 1 unspecified atom stereocenters. The molecular formula is C14H17F3N2O3. The molecule has 1 amide bonds. The highest BCUT2D eigenvalue weighted by Gasteiger charge is 2.29. The van der Waals surface area contributed by atoms with Crippen LogP contribution in [-0.2, 0) is 4.74 Å². The lowest BCUT2D eigenvalue weighted by atomic mass is 10.2. The van der Waals surface area contributed by atoms with Gasteiger partial charge in [-0.05, 0) is 18.9 Å². The summed E-state index contributed by atoms with van der Waals surface area (Å²) in [7, 11) is 1.63. The van der Waals surface area contributed by atoms with Crippen LogP contribution in [0.15, 0.2) is 18.3 Å². The van der Waals surface area contributed by atoms with Gasteiger partial charge in [-0.1, -0.05) is 0 Å². The number of aromatic nitrogens is 1. The predicted molar refractivity (Wildman–Crippen MR) is 71.7 cm³/mol. The van der Waals surface area contributed by atoms with E-state index in [2.05, 4.69) is 9.72 Å². The number of hydrogen-bond donors (Lipinski definition) is 0. The molecule has 1 atom stereocenters. The maximum atomic E-state index is 12.3. The second-order valence-electron chi connectivity index (χ2n) is 5.11. The molecule has 1 aliphatic heterocycles. The van der Waals surface area contributed by atoms with Gasteiger partial charge in [-0.2, -0.15) is 13.2 Å². The Labute approximate surface area is 126 Å². The smallest absolute Gasteiger partial charge is 0.422 e. The minimum atomic E-state index is -4.45. The maximum Gasteiger partial charge on any atom is 0.422 e. The van der Waals surface area contributed by atoms with Gasteiger partial charge in [0.05, 0.1) is 6.10 Å². The van der Waals surface area contributed by atoms with Crippen molar-refractivity contribution in [2.75, 3.05) is 26.8 Å². The average Bonchev–Trinajstić information content (AvgIpc) is 2.97. The lowest BCUT2D eigenvalue weighted by Gasteiger charge is -2.21. The van der Waals surface area contributed by atoms with E-state index in [1.54, 1.807) is 7.05 Å². The number of pyridine rings is 1. The normalized spacial score (nSPS) is 18.3.